The van der Waals surface area contributed by atoms with E-state index in [1.807, 2.05) is 0 Å². The van der Waals surface area contributed by atoms with Crippen LogP contribution in [0.15, 0.2) is 42.9 Å². The van der Waals surface area contributed by atoms with Crippen molar-refractivity contribution in [3.63, 3.8) is 0 Å². The van der Waals surface area contributed by atoms with Gasteiger partial charge in [-0.3, -0.25) is 4.99 Å². The smallest absolute Gasteiger partial charge is 0.347 e. The largest absolute Gasteiger partial charge is 0.497 e. The van der Waals surface area contributed by atoms with Crippen LogP contribution in [0.1, 0.15) is 5.56 Å². The zero-order chi connectivity index (χ0) is 15.4. The Kier molecular flexibility index (Phi) is 4.64. The summed E-state index contributed by atoms with van der Waals surface area (Å²) in [7, 11) is 3.07. The fourth-order valence-electron chi connectivity index (χ4n) is 1.57. The number of nitrogens with zero attached hydrogens (tertiary/aromatic N) is 1. The quantitative estimate of drug-likeness (QED) is 0.854. The molecule has 0 aliphatic heterocycles. The normalized spacial score (nSPS) is 10.8. The van der Waals surface area contributed by atoms with E-state index in [1.165, 1.54) is 19.4 Å². The summed E-state index contributed by atoms with van der Waals surface area (Å²) in [4.78, 5) is 15.8. The molecule has 0 bridgehead atoms. The Hall–Kier alpha value is -2.28. The van der Waals surface area contributed by atoms with Gasteiger partial charge in [-0.05, 0) is 34.1 Å². The van der Waals surface area contributed by atoms with Gasteiger partial charge in [-0.15, -0.1) is 0 Å². The summed E-state index contributed by atoms with van der Waals surface area (Å²) in [5, 5.41) is 9.26. The summed E-state index contributed by atoms with van der Waals surface area (Å²) in [5.41, 5.74) is 0.0337. The number of hydrogen-bond acceptors (Lipinski definition) is 6. The first-order valence-electron chi connectivity index (χ1n) is 5.84. The Morgan fingerprint density at radius 3 is 2.71 bits per heavy atom. The molecule has 0 amide bonds. The van der Waals surface area contributed by atoms with Crippen LogP contribution >= 0.6 is 15.9 Å². The molecule has 0 saturated carbocycles. The first-order valence-corrected chi connectivity index (χ1v) is 6.63. The van der Waals surface area contributed by atoms with E-state index < -0.39 is 11.6 Å². The van der Waals surface area contributed by atoms with Crippen LogP contribution in [-0.4, -0.2) is 25.5 Å². The van der Waals surface area contributed by atoms with Gasteiger partial charge in [-0.25, -0.2) is 4.79 Å². The van der Waals surface area contributed by atoms with Crippen molar-refractivity contribution in [2.75, 3.05) is 14.2 Å². The lowest BCUT2D eigenvalue weighted by Gasteiger charge is -2.06. The molecule has 21 heavy (non-hydrogen) atoms. The number of methoxy groups -OCH3 is 2. The SMILES string of the molecule is COc1ccc(N=Cc2cc(Br)c(O)oc2=O)c(OC)c1. The lowest BCUT2D eigenvalue weighted by molar-refractivity contribution is 0.305. The van der Waals surface area contributed by atoms with Gasteiger partial charge in [-0.2, -0.15) is 0 Å². The minimum atomic E-state index is -0.688. The van der Waals surface area contributed by atoms with Gasteiger partial charge in [0.25, 0.3) is 5.95 Å². The summed E-state index contributed by atoms with van der Waals surface area (Å²) in [5.74, 6) is 0.671. The van der Waals surface area contributed by atoms with Gasteiger partial charge in [-0.1, -0.05) is 0 Å². The van der Waals surface area contributed by atoms with Crippen LogP contribution in [0.25, 0.3) is 0 Å². The molecular formula is C14H12BrNO5. The molecule has 6 nitrogen and oxygen atoms in total. The van der Waals surface area contributed by atoms with Crippen LogP contribution < -0.4 is 15.1 Å². The molecule has 1 heterocycles. The Balaban J connectivity index is 2.38. The molecule has 110 valence electrons. The maximum absolute atomic E-state index is 11.6. The third-order valence-corrected chi connectivity index (χ3v) is 3.21. The average molecular weight is 354 g/mol. The highest BCUT2D eigenvalue weighted by atomic mass is 79.9. The fraction of sp³-hybridized carbons (Fsp3) is 0.143. The van der Waals surface area contributed by atoms with Gasteiger partial charge >= 0.3 is 5.63 Å². The summed E-state index contributed by atoms with van der Waals surface area (Å²) < 4.78 is 15.2. The molecule has 2 aromatic rings. The molecule has 0 saturated heterocycles. The number of rotatable bonds is 4. The van der Waals surface area contributed by atoms with Crippen LogP contribution in [0.3, 0.4) is 0 Å². The minimum absolute atomic E-state index is 0.192. The second kappa shape index (κ2) is 6.45. The van der Waals surface area contributed by atoms with Crippen molar-refractivity contribution in [2.24, 2.45) is 4.99 Å². The summed E-state index contributed by atoms with van der Waals surface area (Å²) in [6.07, 6.45) is 1.33. The van der Waals surface area contributed by atoms with E-state index in [-0.39, 0.29) is 10.0 Å². The molecular weight excluding hydrogens is 342 g/mol. The van der Waals surface area contributed by atoms with Crippen molar-refractivity contribution in [1.82, 2.24) is 0 Å². The van der Waals surface area contributed by atoms with Gasteiger partial charge in [0, 0.05) is 12.3 Å². The number of hydrogen-bond donors (Lipinski definition) is 1. The zero-order valence-electron chi connectivity index (χ0n) is 11.3. The molecule has 7 heteroatoms. The lowest BCUT2D eigenvalue weighted by atomic mass is 10.2. The lowest BCUT2D eigenvalue weighted by Crippen LogP contribution is -2.05. The fourth-order valence-corrected chi connectivity index (χ4v) is 1.90. The van der Waals surface area contributed by atoms with Crippen LogP contribution in [-0.2, 0) is 0 Å². The standard InChI is InChI=1S/C14H12BrNO5/c1-19-9-3-4-11(12(6-9)20-2)16-7-8-5-10(15)14(18)21-13(8)17/h3-7,18H,1-2H3. The van der Waals surface area contributed by atoms with Crippen LogP contribution in [0.5, 0.6) is 17.4 Å². The monoisotopic (exact) mass is 353 g/mol. The number of benzene rings is 1. The topological polar surface area (TPSA) is 81.3 Å². The average Bonchev–Trinajstić information content (AvgIpc) is 2.49. The number of halogens is 1. The number of aromatic hydroxyl groups is 1. The van der Waals surface area contributed by atoms with E-state index in [9.17, 15) is 9.90 Å². The molecule has 0 aliphatic carbocycles. The van der Waals surface area contributed by atoms with E-state index in [0.29, 0.717) is 17.2 Å². The van der Waals surface area contributed by atoms with E-state index >= 15 is 0 Å². The molecule has 0 radical (unpaired) electrons. The highest BCUT2D eigenvalue weighted by molar-refractivity contribution is 9.10. The maximum atomic E-state index is 11.6. The Bertz CT molecular complexity index is 739. The van der Waals surface area contributed by atoms with Crippen molar-refractivity contribution >= 4 is 27.8 Å². The highest BCUT2D eigenvalue weighted by Crippen LogP contribution is 2.31. The Labute approximate surface area is 128 Å². The molecule has 0 spiro atoms. The Morgan fingerprint density at radius 1 is 1.29 bits per heavy atom. The van der Waals surface area contributed by atoms with Crippen molar-refractivity contribution in [2.45, 2.75) is 0 Å². The first-order chi connectivity index (χ1) is 10.0. The van der Waals surface area contributed by atoms with Gasteiger partial charge in [0.05, 0.1) is 24.3 Å². The van der Waals surface area contributed by atoms with E-state index in [0.717, 1.165) is 0 Å². The Morgan fingerprint density at radius 2 is 2.05 bits per heavy atom. The van der Waals surface area contributed by atoms with Crippen molar-refractivity contribution in [1.29, 1.82) is 0 Å². The second-order valence-electron chi connectivity index (χ2n) is 3.94. The summed E-state index contributed by atoms with van der Waals surface area (Å²) >= 11 is 3.07. The predicted molar refractivity (Wildman–Crippen MR) is 81.1 cm³/mol. The zero-order valence-corrected chi connectivity index (χ0v) is 12.9. The second-order valence-corrected chi connectivity index (χ2v) is 4.79. The number of ether oxygens (including phenoxy) is 2. The van der Waals surface area contributed by atoms with E-state index in [2.05, 4.69) is 25.3 Å². The number of aliphatic imine (C=N–C) groups is 1. The molecule has 2 rings (SSSR count). The molecule has 1 N–H and O–H groups in total. The first kappa shape index (κ1) is 15.1. The van der Waals surface area contributed by atoms with Gasteiger partial charge in [0.2, 0.25) is 0 Å². The van der Waals surface area contributed by atoms with Crippen molar-refractivity contribution in [3.8, 4) is 17.4 Å². The minimum Gasteiger partial charge on any atom is -0.497 e. The third-order valence-electron chi connectivity index (χ3n) is 2.64. The maximum Gasteiger partial charge on any atom is 0.347 e. The summed E-state index contributed by atoms with van der Waals surface area (Å²) in [6, 6.07) is 6.53. The van der Waals surface area contributed by atoms with Gasteiger partial charge in [0.15, 0.2) is 0 Å². The molecule has 1 aromatic heterocycles. The summed E-state index contributed by atoms with van der Waals surface area (Å²) in [6.45, 7) is 0. The van der Waals surface area contributed by atoms with Gasteiger partial charge in [0.1, 0.15) is 17.2 Å². The van der Waals surface area contributed by atoms with E-state index in [4.69, 9.17) is 9.47 Å². The third kappa shape index (κ3) is 3.43. The van der Waals surface area contributed by atoms with Crippen molar-refractivity contribution < 1.29 is 19.0 Å². The van der Waals surface area contributed by atoms with Crippen molar-refractivity contribution in [3.05, 3.63) is 44.7 Å². The predicted octanol–water partition coefficient (Wildman–Crippen LogP) is 2.88. The molecule has 1 aromatic carbocycles. The van der Waals surface area contributed by atoms with Crippen LogP contribution in [0.4, 0.5) is 5.69 Å². The van der Waals surface area contributed by atoms with E-state index in [1.54, 1.807) is 25.3 Å². The molecule has 0 fully saturated rings. The molecule has 0 aliphatic rings. The molecule has 0 atom stereocenters. The van der Waals surface area contributed by atoms with Crippen LogP contribution in [0.2, 0.25) is 0 Å². The van der Waals surface area contributed by atoms with Crippen LogP contribution in [0, 0.1) is 0 Å². The van der Waals surface area contributed by atoms with Gasteiger partial charge < -0.3 is 19.0 Å². The molecule has 0 unspecified atom stereocenters. The highest BCUT2D eigenvalue weighted by Gasteiger charge is 2.07.